The lowest BCUT2D eigenvalue weighted by molar-refractivity contribution is -0.0780. The van der Waals surface area contributed by atoms with Crippen LogP contribution in [-0.4, -0.2) is 18.3 Å². The zero-order chi connectivity index (χ0) is 12.5. The highest BCUT2D eigenvalue weighted by atomic mass is 16.5. The summed E-state index contributed by atoms with van der Waals surface area (Å²) in [6, 6.07) is 8.23. The molecule has 2 unspecified atom stereocenters. The van der Waals surface area contributed by atoms with Crippen molar-refractivity contribution >= 4 is 0 Å². The largest absolute Gasteiger partial charge is 0.383 e. The van der Waals surface area contributed by atoms with E-state index in [1.807, 2.05) is 26.0 Å². The van der Waals surface area contributed by atoms with Gasteiger partial charge in [-0.3, -0.25) is 0 Å². The van der Waals surface area contributed by atoms with Gasteiger partial charge >= 0.3 is 0 Å². The molecule has 1 aromatic carbocycles. The van der Waals surface area contributed by atoms with Crippen molar-refractivity contribution in [3.8, 4) is 0 Å². The van der Waals surface area contributed by atoms with Gasteiger partial charge in [0, 0.05) is 7.11 Å². The predicted octanol–water partition coefficient (Wildman–Crippen LogP) is 3.20. The number of methoxy groups -OCH3 is 1. The van der Waals surface area contributed by atoms with E-state index in [-0.39, 0.29) is 6.10 Å². The Balaban J connectivity index is 2.36. The van der Waals surface area contributed by atoms with E-state index in [0.29, 0.717) is 5.92 Å². The molecule has 0 bridgehead atoms. The number of hydrogen-bond donors (Lipinski definition) is 1. The normalized spacial score (nSPS) is 21.6. The van der Waals surface area contributed by atoms with Crippen LogP contribution >= 0.6 is 0 Å². The van der Waals surface area contributed by atoms with Gasteiger partial charge in [-0.25, -0.2) is 0 Å². The molecule has 0 radical (unpaired) electrons. The van der Waals surface area contributed by atoms with Gasteiger partial charge in [0.1, 0.15) is 5.60 Å². The summed E-state index contributed by atoms with van der Waals surface area (Å²) < 4.78 is 5.31. The second-order valence-electron chi connectivity index (χ2n) is 5.24. The topological polar surface area (TPSA) is 29.5 Å². The summed E-state index contributed by atoms with van der Waals surface area (Å²) in [7, 11) is 1.64. The van der Waals surface area contributed by atoms with Gasteiger partial charge in [0.25, 0.3) is 0 Å². The third kappa shape index (κ3) is 2.24. The van der Waals surface area contributed by atoms with Crippen molar-refractivity contribution in [2.45, 2.75) is 50.7 Å². The number of benzene rings is 1. The second kappa shape index (κ2) is 4.79. The van der Waals surface area contributed by atoms with E-state index in [1.54, 1.807) is 7.11 Å². The van der Waals surface area contributed by atoms with Crippen LogP contribution in [0.5, 0.6) is 0 Å². The van der Waals surface area contributed by atoms with Crippen LogP contribution in [0.1, 0.15) is 50.2 Å². The van der Waals surface area contributed by atoms with E-state index >= 15 is 0 Å². The van der Waals surface area contributed by atoms with Crippen LogP contribution in [0.25, 0.3) is 0 Å². The fraction of sp³-hybridized carbons (Fsp3) is 0.600. The average Bonchev–Trinajstić information content (AvgIpc) is 2.26. The van der Waals surface area contributed by atoms with Gasteiger partial charge in [0.2, 0.25) is 0 Å². The summed E-state index contributed by atoms with van der Waals surface area (Å²) in [5.74, 6) is 0.627. The zero-order valence-electron chi connectivity index (χ0n) is 10.9. The highest BCUT2D eigenvalue weighted by Gasteiger charge is 2.35. The highest BCUT2D eigenvalue weighted by molar-refractivity contribution is 5.36. The average molecular weight is 234 g/mol. The number of ether oxygens (including phenoxy) is 1. The standard InChI is InChI=1S/C15H22O2/c1-11(17-3)15(2,16)14-10-5-4-9-13(14)12-7-6-8-12/h4-5,9-12,16H,6-8H2,1-3H3. The lowest BCUT2D eigenvalue weighted by atomic mass is 9.74. The fourth-order valence-corrected chi connectivity index (χ4v) is 2.48. The molecular formula is C15H22O2. The Bertz CT molecular complexity index is 380. The summed E-state index contributed by atoms with van der Waals surface area (Å²) in [6.07, 6.45) is 3.59. The molecule has 0 heterocycles. The molecule has 0 spiro atoms. The Labute approximate surface area is 104 Å². The summed E-state index contributed by atoms with van der Waals surface area (Å²) in [5, 5.41) is 10.7. The highest BCUT2D eigenvalue weighted by Crippen LogP contribution is 2.41. The van der Waals surface area contributed by atoms with Gasteiger partial charge in [-0.05, 0) is 43.7 Å². The van der Waals surface area contributed by atoms with Crippen LogP contribution < -0.4 is 0 Å². The zero-order valence-corrected chi connectivity index (χ0v) is 10.9. The van der Waals surface area contributed by atoms with Crippen molar-refractivity contribution in [3.63, 3.8) is 0 Å². The second-order valence-corrected chi connectivity index (χ2v) is 5.24. The van der Waals surface area contributed by atoms with Gasteiger partial charge < -0.3 is 9.84 Å². The lowest BCUT2D eigenvalue weighted by Gasteiger charge is -2.35. The molecule has 1 aromatic rings. The summed E-state index contributed by atoms with van der Waals surface area (Å²) >= 11 is 0. The van der Waals surface area contributed by atoms with Crippen LogP contribution in [0.4, 0.5) is 0 Å². The molecule has 2 nitrogen and oxygen atoms in total. The molecule has 2 rings (SSSR count). The van der Waals surface area contributed by atoms with Gasteiger partial charge in [0.05, 0.1) is 6.10 Å². The molecule has 0 amide bonds. The van der Waals surface area contributed by atoms with Crippen molar-refractivity contribution in [3.05, 3.63) is 35.4 Å². The SMILES string of the molecule is COC(C)C(C)(O)c1ccccc1C1CCC1. The Morgan fingerprint density at radius 2 is 2.00 bits per heavy atom. The first-order valence-electron chi connectivity index (χ1n) is 6.42. The number of rotatable bonds is 4. The van der Waals surface area contributed by atoms with E-state index in [1.165, 1.54) is 24.8 Å². The third-order valence-corrected chi connectivity index (χ3v) is 4.20. The van der Waals surface area contributed by atoms with Crippen molar-refractivity contribution in [1.82, 2.24) is 0 Å². The van der Waals surface area contributed by atoms with E-state index in [4.69, 9.17) is 4.74 Å². The Hall–Kier alpha value is -0.860. The first-order valence-corrected chi connectivity index (χ1v) is 6.42. The predicted molar refractivity (Wildman–Crippen MR) is 69.1 cm³/mol. The molecule has 1 N–H and O–H groups in total. The van der Waals surface area contributed by atoms with Crippen molar-refractivity contribution in [2.75, 3.05) is 7.11 Å². The molecule has 2 atom stereocenters. The van der Waals surface area contributed by atoms with Crippen molar-refractivity contribution in [2.24, 2.45) is 0 Å². The number of hydrogen-bond acceptors (Lipinski definition) is 2. The molecule has 1 fully saturated rings. The van der Waals surface area contributed by atoms with Gasteiger partial charge in [-0.2, -0.15) is 0 Å². The Morgan fingerprint density at radius 3 is 2.53 bits per heavy atom. The fourth-order valence-electron chi connectivity index (χ4n) is 2.48. The molecular weight excluding hydrogens is 212 g/mol. The molecule has 17 heavy (non-hydrogen) atoms. The van der Waals surface area contributed by atoms with E-state index in [2.05, 4.69) is 12.1 Å². The first-order chi connectivity index (χ1) is 8.07. The first kappa shape index (κ1) is 12.6. The van der Waals surface area contributed by atoms with Gasteiger partial charge in [0.15, 0.2) is 0 Å². The molecule has 2 heteroatoms. The van der Waals surface area contributed by atoms with Crippen LogP contribution in [0.2, 0.25) is 0 Å². The van der Waals surface area contributed by atoms with E-state index < -0.39 is 5.60 Å². The Morgan fingerprint density at radius 1 is 1.35 bits per heavy atom. The van der Waals surface area contributed by atoms with Crippen molar-refractivity contribution in [1.29, 1.82) is 0 Å². The molecule has 1 aliphatic rings. The third-order valence-electron chi connectivity index (χ3n) is 4.20. The van der Waals surface area contributed by atoms with E-state index in [0.717, 1.165) is 5.56 Å². The quantitative estimate of drug-likeness (QED) is 0.867. The maximum absolute atomic E-state index is 10.7. The van der Waals surface area contributed by atoms with Gasteiger partial charge in [-0.15, -0.1) is 0 Å². The number of aliphatic hydroxyl groups is 1. The smallest absolute Gasteiger partial charge is 0.113 e. The minimum absolute atomic E-state index is 0.205. The van der Waals surface area contributed by atoms with Crippen LogP contribution in [0, 0.1) is 0 Å². The molecule has 94 valence electrons. The molecule has 1 saturated carbocycles. The lowest BCUT2D eigenvalue weighted by Crippen LogP contribution is -2.37. The van der Waals surface area contributed by atoms with E-state index in [9.17, 15) is 5.11 Å². The van der Waals surface area contributed by atoms with Crippen LogP contribution in [0.15, 0.2) is 24.3 Å². The Kier molecular flexibility index (Phi) is 3.55. The monoisotopic (exact) mass is 234 g/mol. The summed E-state index contributed by atoms with van der Waals surface area (Å²) in [6.45, 7) is 3.76. The minimum atomic E-state index is -0.916. The van der Waals surface area contributed by atoms with Gasteiger partial charge in [-0.1, -0.05) is 30.7 Å². The molecule has 0 saturated heterocycles. The maximum Gasteiger partial charge on any atom is 0.113 e. The van der Waals surface area contributed by atoms with Crippen LogP contribution in [-0.2, 0) is 10.3 Å². The molecule has 0 aliphatic heterocycles. The molecule has 0 aromatic heterocycles. The minimum Gasteiger partial charge on any atom is -0.383 e. The summed E-state index contributed by atoms with van der Waals surface area (Å²) in [5.41, 5.74) is 1.41. The summed E-state index contributed by atoms with van der Waals surface area (Å²) in [4.78, 5) is 0. The molecule has 1 aliphatic carbocycles. The van der Waals surface area contributed by atoms with Crippen molar-refractivity contribution < 1.29 is 9.84 Å². The maximum atomic E-state index is 10.7. The van der Waals surface area contributed by atoms with Crippen LogP contribution in [0.3, 0.4) is 0 Å².